The fraction of sp³-hybridized carbons (Fsp3) is 0.167. The first-order chi connectivity index (χ1) is 7.74. The SMILES string of the molecule is CCN(c1cccc2ccccc12)[SH](=O)=O. The Labute approximate surface area is 96.4 Å². The van der Waals surface area contributed by atoms with Crippen molar-refractivity contribution < 1.29 is 8.42 Å². The lowest BCUT2D eigenvalue weighted by atomic mass is 10.1. The molecule has 0 atom stereocenters. The smallest absolute Gasteiger partial charge is 0.225 e. The summed E-state index contributed by atoms with van der Waals surface area (Å²) in [5, 5.41) is 2.02. The third-order valence-corrected chi connectivity index (χ3v) is 3.43. The lowest BCUT2D eigenvalue weighted by molar-refractivity contribution is 0.611. The predicted molar refractivity (Wildman–Crippen MR) is 67.3 cm³/mol. The molecule has 0 heterocycles. The van der Waals surface area contributed by atoms with Gasteiger partial charge in [-0.1, -0.05) is 36.4 Å². The standard InChI is InChI=1S/C12H13NO2S/c1-2-13(16(14)15)12-9-5-7-10-6-3-4-8-11(10)12/h3-9,16H,2H2,1H3. The molecule has 0 radical (unpaired) electrons. The van der Waals surface area contributed by atoms with Gasteiger partial charge in [0.15, 0.2) is 0 Å². The second-order valence-corrected chi connectivity index (χ2v) is 4.41. The molecule has 0 bridgehead atoms. The van der Waals surface area contributed by atoms with E-state index in [-0.39, 0.29) is 0 Å². The zero-order chi connectivity index (χ0) is 11.5. The van der Waals surface area contributed by atoms with Gasteiger partial charge in [-0.05, 0) is 18.4 Å². The van der Waals surface area contributed by atoms with E-state index in [4.69, 9.17) is 0 Å². The van der Waals surface area contributed by atoms with Crippen molar-refractivity contribution in [2.45, 2.75) is 6.92 Å². The number of rotatable bonds is 3. The largest absolute Gasteiger partial charge is 0.272 e. The molecule has 0 saturated carbocycles. The van der Waals surface area contributed by atoms with Crippen LogP contribution in [-0.2, 0) is 10.9 Å². The molecule has 0 aromatic heterocycles. The number of thiol groups is 1. The molecule has 0 amide bonds. The highest BCUT2D eigenvalue weighted by Gasteiger charge is 2.09. The Bertz CT molecular complexity index is 565. The summed E-state index contributed by atoms with van der Waals surface area (Å²) < 4.78 is 23.7. The molecule has 16 heavy (non-hydrogen) atoms. The lowest BCUT2D eigenvalue weighted by Gasteiger charge is -2.17. The summed E-state index contributed by atoms with van der Waals surface area (Å²) in [6.45, 7) is 2.28. The van der Waals surface area contributed by atoms with Crippen LogP contribution in [-0.4, -0.2) is 15.0 Å². The van der Waals surface area contributed by atoms with Gasteiger partial charge in [0, 0.05) is 11.9 Å². The average Bonchev–Trinajstić information content (AvgIpc) is 2.30. The number of anilines is 1. The van der Waals surface area contributed by atoms with E-state index in [1.54, 1.807) is 0 Å². The van der Waals surface area contributed by atoms with E-state index in [2.05, 4.69) is 0 Å². The maximum atomic E-state index is 11.1. The zero-order valence-corrected chi connectivity index (χ0v) is 9.85. The van der Waals surface area contributed by atoms with Gasteiger partial charge in [0.05, 0.1) is 5.69 Å². The predicted octanol–water partition coefficient (Wildman–Crippen LogP) is 2.19. The van der Waals surface area contributed by atoms with Gasteiger partial charge in [-0.15, -0.1) is 0 Å². The minimum atomic E-state index is -2.58. The fourth-order valence-electron chi connectivity index (χ4n) is 1.81. The molecule has 0 aliphatic heterocycles. The number of nitrogens with zero attached hydrogens (tertiary/aromatic N) is 1. The van der Waals surface area contributed by atoms with Crippen LogP contribution in [0.5, 0.6) is 0 Å². The Balaban J connectivity index is 2.68. The van der Waals surface area contributed by atoms with Crippen LogP contribution in [0.1, 0.15) is 6.92 Å². The summed E-state index contributed by atoms with van der Waals surface area (Å²) >= 11 is 0. The van der Waals surface area contributed by atoms with E-state index >= 15 is 0 Å². The topological polar surface area (TPSA) is 37.4 Å². The molecular formula is C12H13NO2S. The molecule has 2 rings (SSSR count). The molecule has 0 spiro atoms. The van der Waals surface area contributed by atoms with Gasteiger partial charge in [-0.2, -0.15) is 0 Å². The van der Waals surface area contributed by atoms with Crippen molar-refractivity contribution in [3.8, 4) is 0 Å². The van der Waals surface area contributed by atoms with Gasteiger partial charge in [-0.3, -0.25) is 4.31 Å². The molecular weight excluding hydrogens is 222 g/mol. The number of fused-ring (bicyclic) bond motifs is 1. The van der Waals surface area contributed by atoms with Crippen LogP contribution in [0.3, 0.4) is 0 Å². The van der Waals surface area contributed by atoms with Gasteiger partial charge in [0.2, 0.25) is 10.9 Å². The first kappa shape index (κ1) is 11.0. The molecule has 84 valence electrons. The third-order valence-electron chi connectivity index (χ3n) is 2.54. The molecule has 4 heteroatoms. The summed E-state index contributed by atoms with van der Waals surface area (Å²) in [6, 6.07) is 13.5. The maximum Gasteiger partial charge on any atom is 0.225 e. The minimum Gasteiger partial charge on any atom is -0.272 e. The summed E-state index contributed by atoms with van der Waals surface area (Å²) in [4.78, 5) is 0. The second-order valence-electron chi connectivity index (χ2n) is 3.45. The normalized spacial score (nSPS) is 10.9. The van der Waals surface area contributed by atoms with Crippen LogP contribution in [0.4, 0.5) is 5.69 Å². The monoisotopic (exact) mass is 235 g/mol. The van der Waals surface area contributed by atoms with Crippen molar-refractivity contribution in [1.29, 1.82) is 0 Å². The van der Waals surface area contributed by atoms with Crippen molar-refractivity contribution in [1.82, 2.24) is 0 Å². The van der Waals surface area contributed by atoms with Crippen molar-refractivity contribution in [3.63, 3.8) is 0 Å². The van der Waals surface area contributed by atoms with Crippen LogP contribution in [0.15, 0.2) is 42.5 Å². The van der Waals surface area contributed by atoms with Gasteiger partial charge >= 0.3 is 0 Å². The third kappa shape index (κ3) is 1.88. The van der Waals surface area contributed by atoms with Crippen LogP contribution in [0.2, 0.25) is 0 Å². The summed E-state index contributed by atoms with van der Waals surface area (Å²) in [6.07, 6.45) is 0. The van der Waals surface area contributed by atoms with E-state index in [0.717, 1.165) is 16.5 Å². The first-order valence-corrected chi connectivity index (χ1v) is 6.26. The van der Waals surface area contributed by atoms with E-state index in [1.807, 2.05) is 49.4 Å². The average molecular weight is 235 g/mol. The Morgan fingerprint density at radius 3 is 2.44 bits per heavy atom. The lowest BCUT2D eigenvalue weighted by Crippen LogP contribution is -2.20. The van der Waals surface area contributed by atoms with Crippen molar-refractivity contribution in [2.75, 3.05) is 10.8 Å². The number of benzene rings is 2. The molecule has 0 unspecified atom stereocenters. The van der Waals surface area contributed by atoms with Crippen LogP contribution >= 0.6 is 0 Å². The number of hydrogen-bond donors (Lipinski definition) is 1. The zero-order valence-electron chi connectivity index (χ0n) is 8.96. The molecule has 0 saturated heterocycles. The first-order valence-electron chi connectivity index (χ1n) is 5.13. The Hall–Kier alpha value is -1.55. The molecule has 3 nitrogen and oxygen atoms in total. The molecule has 0 fully saturated rings. The molecule has 2 aromatic rings. The second kappa shape index (κ2) is 4.53. The van der Waals surface area contributed by atoms with E-state index < -0.39 is 10.9 Å². The van der Waals surface area contributed by atoms with Gasteiger partial charge in [-0.25, -0.2) is 8.42 Å². The molecule has 0 aliphatic rings. The van der Waals surface area contributed by atoms with Gasteiger partial charge < -0.3 is 0 Å². The van der Waals surface area contributed by atoms with Gasteiger partial charge in [0.25, 0.3) is 0 Å². The fourth-order valence-corrected chi connectivity index (χ4v) is 2.39. The summed E-state index contributed by atoms with van der Waals surface area (Å²) in [5.74, 6) is 0. The number of hydrogen-bond acceptors (Lipinski definition) is 2. The van der Waals surface area contributed by atoms with Crippen LogP contribution in [0.25, 0.3) is 10.8 Å². The van der Waals surface area contributed by atoms with Crippen LogP contribution in [0, 0.1) is 0 Å². The van der Waals surface area contributed by atoms with Crippen LogP contribution < -0.4 is 4.31 Å². The Morgan fingerprint density at radius 2 is 1.75 bits per heavy atom. The van der Waals surface area contributed by atoms with Gasteiger partial charge in [0.1, 0.15) is 0 Å². The van der Waals surface area contributed by atoms with E-state index in [0.29, 0.717) is 6.54 Å². The van der Waals surface area contributed by atoms with Crippen molar-refractivity contribution >= 4 is 27.4 Å². The van der Waals surface area contributed by atoms with Crippen molar-refractivity contribution in [3.05, 3.63) is 42.5 Å². The summed E-state index contributed by atoms with van der Waals surface area (Å²) in [5.41, 5.74) is 0.747. The molecule has 0 N–H and O–H groups in total. The highest BCUT2D eigenvalue weighted by atomic mass is 32.2. The Morgan fingerprint density at radius 1 is 1.06 bits per heavy atom. The highest BCUT2D eigenvalue weighted by molar-refractivity contribution is 7.74. The van der Waals surface area contributed by atoms with Crippen molar-refractivity contribution in [2.24, 2.45) is 0 Å². The maximum absolute atomic E-state index is 11.1. The highest BCUT2D eigenvalue weighted by Crippen LogP contribution is 2.26. The quantitative estimate of drug-likeness (QED) is 0.828. The Kier molecular flexibility index (Phi) is 3.10. The summed E-state index contributed by atoms with van der Waals surface area (Å²) in [7, 11) is -2.58. The van der Waals surface area contributed by atoms with E-state index in [1.165, 1.54) is 4.31 Å². The molecule has 2 aromatic carbocycles. The minimum absolute atomic E-state index is 0.451. The van der Waals surface area contributed by atoms with E-state index in [9.17, 15) is 8.42 Å². The molecule has 0 aliphatic carbocycles.